The topological polar surface area (TPSA) is 140 Å². The molecular formula is C43H69O9P. The van der Waals surface area contributed by atoms with Crippen molar-refractivity contribution in [1.82, 2.24) is 0 Å². The van der Waals surface area contributed by atoms with Gasteiger partial charge in [0, 0.05) is 12.8 Å². The van der Waals surface area contributed by atoms with Gasteiger partial charge in [-0.2, -0.15) is 0 Å². The lowest BCUT2D eigenvalue weighted by atomic mass is 10.1. The normalized spacial score (nSPS) is 14.1. The third kappa shape index (κ3) is 40.0. The predicted molar refractivity (Wildman–Crippen MR) is 217 cm³/mol. The molecule has 0 aliphatic carbocycles. The highest BCUT2D eigenvalue weighted by molar-refractivity contribution is 7.46. The Morgan fingerprint density at radius 3 is 1.72 bits per heavy atom. The number of esters is 2. The van der Waals surface area contributed by atoms with Crippen LogP contribution in [-0.2, 0) is 28.2 Å². The quantitative estimate of drug-likeness (QED) is 0.0192. The number of hydrogen-bond acceptors (Lipinski definition) is 7. The number of aliphatic hydroxyl groups is 1. The molecule has 0 saturated heterocycles. The number of carbonyl (C=O) groups is 2. The lowest BCUT2D eigenvalue weighted by molar-refractivity contribution is -0.161. The first-order valence-electron chi connectivity index (χ1n) is 19.6. The van der Waals surface area contributed by atoms with Crippen LogP contribution in [0.15, 0.2) is 97.2 Å². The highest BCUT2D eigenvalue weighted by atomic mass is 31.2. The molecule has 0 fully saturated rings. The van der Waals surface area contributed by atoms with Gasteiger partial charge in [-0.3, -0.25) is 14.1 Å². The summed E-state index contributed by atoms with van der Waals surface area (Å²) in [6.45, 7) is 3.33. The molecule has 0 bridgehead atoms. The molecule has 0 amide bonds. The fourth-order valence-electron chi connectivity index (χ4n) is 4.76. The van der Waals surface area contributed by atoms with Crippen LogP contribution in [0.3, 0.4) is 0 Å². The van der Waals surface area contributed by atoms with Gasteiger partial charge in [0.05, 0.1) is 12.7 Å². The second kappa shape index (κ2) is 37.3. The average Bonchev–Trinajstić information content (AvgIpc) is 3.12. The van der Waals surface area contributed by atoms with E-state index in [1.807, 2.05) is 12.2 Å². The molecule has 0 rings (SSSR count). The van der Waals surface area contributed by atoms with Crippen LogP contribution in [0.2, 0.25) is 0 Å². The third-order valence-electron chi connectivity index (χ3n) is 7.69. The molecule has 2 atom stereocenters. The minimum atomic E-state index is -4.81. The third-order valence-corrected chi connectivity index (χ3v) is 8.18. The summed E-state index contributed by atoms with van der Waals surface area (Å²) in [4.78, 5) is 42.8. The monoisotopic (exact) mass is 760 g/mol. The largest absolute Gasteiger partial charge is 0.469 e. The maximum Gasteiger partial charge on any atom is 0.469 e. The average molecular weight is 761 g/mol. The molecule has 9 nitrogen and oxygen atoms in total. The van der Waals surface area contributed by atoms with Crippen molar-refractivity contribution < 1.29 is 43.0 Å². The number of carbonyl (C=O) groups excluding carboxylic acids is 2. The Kier molecular flexibility index (Phi) is 35.1. The molecule has 0 aromatic carbocycles. The number of unbranched alkanes of at least 4 members (excludes halogenated alkanes) is 7. The maximum atomic E-state index is 12.4. The molecule has 0 aliphatic heterocycles. The minimum absolute atomic E-state index is 0.0273. The zero-order valence-corrected chi connectivity index (χ0v) is 33.4. The molecule has 0 aromatic rings. The van der Waals surface area contributed by atoms with Gasteiger partial charge in [0.2, 0.25) is 0 Å². The Labute approximate surface area is 320 Å². The molecule has 0 heterocycles. The summed E-state index contributed by atoms with van der Waals surface area (Å²) in [5.74, 6) is -1.13. The molecule has 0 unspecified atom stereocenters. The molecule has 10 heteroatoms. The van der Waals surface area contributed by atoms with Crippen molar-refractivity contribution >= 4 is 19.8 Å². The highest BCUT2D eigenvalue weighted by Gasteiger charge is 2.23. The van der Waals surface area contributed by atoms with Gasteiger partial charge >= 0.3 is 19.8 Å². The second-order valence-electron chi connectivity index (χ2n) is 12.7. The fraction of sp³-hybridized carbons (Fsp3) is 0.581. The van der Waals surface area contributed by atoms with Crippen molar-refractivity contribution in [3.8, 4) is 0 Å². The molecule has 0 saturated carbocycles. The molecule has 0 radical (unpaired) electrons. The smallest absolute Gasteiger partial charge is 0.462 e. The van der Waals surface area contributed by atoms with Crippen LogP contribution >= 0.6 is 7.82 Å². The van der Waals surface area contributed by atoms with E-state index in [-0.39, 0.29) is 12.8 Å². The summed E-state index contributed by atoms with van der Waals surface area (Å²) >= 11 is 0. The Morgan fingerprint density at radius 1 is 0.604 bits per heavy atom. The number of allylic oxidation sites excluding steroid dienone is 15. The van der Waals surface area contributed by atoms with Gasteiger partial charge in [0.25, 0.3) is 0 Å². The first kappa shape index (κ1) is 49.9. The lowest BCUT2D eigenvalue weighted by Crippen LogP contribution is -2.29. The SMILES string of the molecule is CC/C=C\C/C=C\C/C=C\C/C=C\CCCCCCC(=O)O[C@H](COC(=O)CCC[C@H](O)/C=C/C=C\C/C=C\C/C=C\CCCCC)COP(=O)(O)O. The highest BCUT2D eigenvalue weighted by Crippen LogP contribution is 2.36. The van der Waals surface area contributed by atoms with Crippen molar-refractivity contribution in [3.05, 3.63) is 97.2 Å². The van der Waals surface area contributed by atoms with E-state index in [9.17, 15) is 19.3 Å². The van der Waals surface area contributed by atoms with Crippen molar-refractivity contribution in [2.24, 2.45) is 0 Å². The van der Waals surface area contributed by atoms with E-state index in [1.54, 1.807) is 12.2 Å². The summed E-state index contributed by atoms with van der Waals surface area (Å²) in [6.07, 6.45) is 47.3. The van der Waals surface area contributed by atoms with E-state index in [0.717, 1.165) is 70.6 Å². The lowest BCUT2D eigenvalue weighted by Gasteiger charge is -2.18. The Hall–Kier alpha value is -3.07. The molecule has 3 N–H and O–H groups in total. The number of aliphatic hydroxyl groups excluding tert-OH is 1. The number of ether oxygens (including phenoxy) is 2. The zero-order valence-electron chi connectivity index (χ0n) is 32.5. The van der Waals surface area contributed by atoms with Crippen LogP contribution in [0, 0.1) is 0 Å². The molecule has 0 aliphatic rings. The van der Waals surface area contributed by atoms with Crippen LogP contribution in [0.4, 0.5) is 0 Å². The van der Waals surface area contributed by atoms with E-state index in [1.165, 1.54) is 19.3 Å². The van der Waals surface area contributed by atoms with Gasteiger partial charge in [-0.15, -0.1) is 0 Å². The molecule has 53 heavy (non-hydrogen) atoms. The summed E-state index contributed by atoms with van der Waals surface area (Å²) in [7, 11) is -4.81. The van der Waals surface area contributed by atoms with Crippen LogP contribution in [-0.4, -0.2) is 52.3 Å². The fourth-order valence-corrected chi connectivity index (χ4v) is 5.12. The Morgan fingerprint density at radius 2 is 1.13 bits per heavy atom. The van der Waals surface area contributed by atoms with Crippen molar-refractivity contribution in [2.75, 3.05) is 13.2 Å². The van der Waals surface area contributed by atoms with Crippen LogP contribution in [0.25, 0.3) is 0 Å². The van der Waals surface area contributed by atoms with E-state index < -0.39 is 45.2 Å². The Balaban J connectivity index is 4.23. The summed E-state index contributed by atoms with van der Waals surface area (Å²) < 4.78 is 26.2. The van der Waals surface area contributed by atoms with Gasteiger partial charge in [0.1, 0.15) is 6.61 Å². The first-order chi connectivity index (χ1) is 25.7. The van der Waals surface area contributed by atoms with E-state index in [4.69, 9.17) is 19.3 Å². The van der Waals surface area contributed by atoms with Crippen molar-refractivity contribution in [1.29, 1.82) is 0 Å². The first-order valence-corrected chi connectivity index (χ1v) is 21.2. The van der Waals surface area contributed by atoms with Gasteiger partial charge < -0.3 is 24.4 Å². The maximum absolute atomic E-state index is 12.4. The summed E-state index contributed by atoms with van der Waals surface area (Å²) in [5.41, 5.74) is 0. The van der Waals surface area contributed by atoms with Gasteiger partial charge in [-0.05, 0) is 83.5 Å². The van der Waals surface area contributed by atoms with E-state index >= 15 is 0 Å². The molecule has 0 aromatic heterocycles. The van der Waals surface area contributed by atoms with Crippen LogP contribution < -0.4 is 0 Å². The van der Waals surface area contributed by atoms with Gasteiger partial charge in [0.15, 0.2) is 6.10 Å². The number of phosphoric ester groups is 1. The number of hydrogen-bond donors (Lipinski definition) is 3. The molecule has 0 spiro atoms. The van der Waals surface area contributed by atoms with Crippen molar-refractivity contribution in [2.45, 2.75) is 148 Å². The number of rotatable bonds is 34. The second-order valence-corrected chi connectivity index (χ2v) is 14.0. The zero-order chi connectivity index (χ0) is 39.1. The van der Waals surface area contributed by atoms with Crippen LogP contribution in [0.5, 0.6) is 0 Å². The predicted octanol–water partition coefficient (Wildman–Crippen LogP) is 10.8. The molecule has 300 valence electrons. The minimum Gasteiger partial charge on any atom is -0.462 e. The van der Waals surface area contributed by atoms with E-state index in [2.05, 4.69) is 91.3 Å². The summed E-state index contributed by atoms with van der Waals surface area (Å²) in [6, 6.07) is 0. The van der Waals surface area contributed by atoms with E-state index in [0.29, 0.717) is 19.3 Å². The van der Waals surface area contributed by atoms with Gasteiger partial charge in [-0.25, -0.2) is 4.57 Å². The summed E-state index contributed by atoms with van der Waals surface area (Å²) in [5, 5.41) is 10.2. The number of phosphoric acid groups is 1. The standard InChI is InChI=1S/C43H69O9P/c1-3-5-7-9-11-13-15-17-18-19-20-22-24-26-28-30-32-36-43(46)52-41(39-51-53(47,48)49)38-50-42(45)37-33-35-40(44)34-31-29-27-25-23-21-16-14-12-10-8-6-4-2/h5,7,11-14,17-18,20-23,27,29,31,34,40-41,44H,3-4,6,8-10,15-16,19,24-26,28,30,32-33,35-39H2,1-2H3,(H2,47,48,49)/b7-5-,13-11-,14-12-,18-17-,22-20-,23-21-,29-27-,34-31+/t40-,41-/m1/s1. The van der Waals surface area contributed by atoms with Crippen molar-refractivity contribution in [3.63, 3.8) is 0 Å². The molecular weight excluding hydrogens is 691 g/mol. The van der Waals surface area contributed by atoms with Gasteiger partial charge in [-0.1, -0.05) is 137 Å². The Bertz CT molecular complexity index is 1190. The van der Waals surface area contributed by atoms with Crippen LogP contribution in [0.1, 0.15) is 136 Å².